The molecular formula is C9H13N7. The summed E-state index contributed by atoms with van der Waals surface area (Å²) in [6.45, 7) is 4.26. The topological polar surface area (TPSA) is 81.4 Å². The Labute approximate surface area is 93.0 Å². The summed E-state index contributed by atoms with van der Waals surface area (Å²) >= 11 is 0. The standard InChI is InChI=1S/C9H13N7/c1-6-7(2)13-14-9(12-6)10-4-8-11-5-16(3)15-8/h5H,4H2,1-3H3,(H,10,12,14). The van der Waals surface area contributed by atoms with E-state index in [1.807, 2.05) is 20.9 Å². The fourth-order valence-electron chi connectivity index (χ4n) is 1.15. The molecule has 0 atom stereocenters. The van der Waals surface area contributed by atoms with E-state index in [0.29, 0.717) is 18.3 Å². The van der Waals surface area contributed by atoms with Crippen LogP contribution < -0.4 is 5.32 Å². The third-order valence-electron chi connectivity index (χ3n) is 2.14. The summed E-state index contributed by atoms with van der Waals surface area (Å²) in [4.78, 5) is 8.33. The monoisotopic (exact) mass is 219 g/mol. The highest BCUT2D eigenvalue weighted by Crippen LogP contribution is 2.02. The number of rotatable bonds is 3. The Kier molecular flexibility index (Phi) is 2.76. The van der Waals surface area contributed by atoms with Crippen molar-refractivity contribution >= 4 is 5.95 Å². The molecule has 0 amide bonds. The highest BCUT2D eigenvalue weighted by atomic mass is 15.3. The smallest absolute Gasteiger partial charge is 0.243 e. The molecule has 0 saturated heterocycles. The Morgan fingerprint density at radius 1 is 1.25 bits per heavy atom. The van der Waals surface area contributed by atoms with Crippen LogP contribution >= 0.6 is 0 Å². The van der Waals surface area contributed by atoms with E-state index in [9.17, 15) is 0 Å². The third kappa shape index (κ3) is 2.30. The van der Waals surface area contributed by atoms with E-state index in [2.05, 4.69) is 30.6 Å². The van der Waals surface area contributed by atoms with Gasteiger partial charge in [-0.2, -0.15) is 10.2 Å². The first-order valence-electron chi connectivity index (χ1n) is 4.91. The predicted octanol–water partition coefficient (Wildman–Crippen LogP) is 0.229. The zero-order chi connectivity index (χ0) is 11.5. The highest BCUT2D eigenvalue weighted by molar-refractivity contribution is 5.24. The van der Waals surface area contributed by atoms with Crippen molar-refractivity contribution in [2.24, 2.45) is 7.05 Å². The Morgan fingerprint density at radius 2 is 2.06 bits per heavy atom. The second kappa shape index (κ2) is 4.21. The van der Waals surface area contributed by atoms with Gasteiger partial charge in [0.2, 0.25) is 5.95 Å². The van der Waals surface area contributed by atoms with Gasteiger partial charge in [-0.15, -0.1) is 5.10 Å². The Morgan fingerprint density at radius 3 is 2.69 bits per heavy atom. The zero-order valence-corrected chi connectivity index (χ0v) is 9.47. The van der Waals surface area contributed by atoms with Crippen molar-refractivity contribution in [2.45, 2.75) is 20.4 Å². The van der Waals surface area contributed by atoms with Crippen LogP contribution in [0, 0.1) is 13.8 Å². The maximum atomic E-state index is 4.25. The molecule has 2 heterocycles. The first-order chi connectivity index (χ1) is 7.65. The van der Waals surface area contributed by atoms with Gasteiger partial charge in [0.15, 0.2) is 5.82 Å². The maximum Gasteiger partial charge on any atom is 0.243 e. The lowest BCUT2D eigenvalue weighted by atomic mass is 10.4. The van der Waals surface area contributed by atoms with Crippen molar-refractivity contribution in [3.63, 3.8) is 0 Å². The average molecular weight is 219 g/mol. The lowest BCUT2D eigenvalue weighted by molar-refractivity contribution is 0.745. The molecule has 2 aromatic heterocycles. The van der Waals surface area contributed by atoms with Gasteiger partial charge in [-0.05, 0) is 13.8 Å². The minimum atomic E-state index is 0.491. The summed E-state index contributed by atoms with van der Waals surface area (Å²) in [7, 11) is 1.82. The number of hydrogen-bond donors (Lipinski definition) is 1. The van der Waals surface area contributed by atoms with E-state index < -0.39 is 0 Å². The van der Waals surface area contributed by atoms with Crippen LogP contribution in [-0.2, 0) is 13.6 Å². The molecule has 0 radical (unpaired) electrons. The van der Waals surface area contributed by atoms with Crippen LogP contribution in [0.3, 0.4) is 0 Å². The molecule has 0 aliphatic rings. The number of nitrogens with one attached hydrogen (secondary N) is 1. The van der Waals surface area contributed by atoms with E-state index >= 15 is 0 Å². The van der Waals surface area contributed by atoms with Crippen LogP contribution in [0.4, 0.5) is 5.95 Å². The maximum absolute atomic E-state index is 4.25. The highest BCUT2D eigenvalue weighted by Gasteiger charge is 2.03. The predicted molar refractivity (Wildman–Crippen MR) is 57.6 cm³/mol. The zero-order valence-electron chi connectivity index (χ0n) is 9.47. The number of hydrogen-bond acceptors (Lipinski definition) is 6. The molecule has 0 aromatic carbocycles. The van der Waals surface area contributed by atoms with Gasteiger partial charge in [0.25, 0.3) is 0 Å². The minimum absolute atomic E-state index is 0.491. The second-order valence-electron chi connectivity index (χ2n) is 3.49. The van der Waals surface area contributed by atoms with Crippen LogP contribution in [0.5, 0.6) is 0 Å². The van der Waals surface area contributed by atoms with E-state index in [-0.39, 0.29) is 0 Å². The summed E-state index contributed by atoms with van der Waals surface area (Å²) in [5, 5.41) is 15.1. The van der Waals surface area contributed by atoms with Crippen molar-refractivity contribution < 1.29 is 0 Å². The lowest BCUT2D eigenvalue weighted by Gasteiger charge is -2.02. The molecule has 0 fully saturated rings. The molecule has 0 aliphatic carbocycles. The molecular weight excluding hydrogens is 206 g/mol. The van der Waals surface area contributed by atoms with Crippen LogP contribution in [0.25, 0.3) is 0 Å². The number of anilines is 1. The molecule has 0 unspecified atom stereocenters. The van der Waals surface area contributed by atoms with E-state index in [4.69, 9.17) is 0 Å². The van der Waals surface area contributed by atoms with E-state index in [1.165, 1.54) is 0 Å². The first-order valence-corrected chi connectivity index (χ1v) is 4.91. The van der Waals surface area contributed by atoms with Crippen molar-refractivity contribution in [3.05, 3.63) is 23.5 Å². The lowest BCUT2D eigenvalue weighted by Crippen LogP contribution is -2.08. The van der Waals surface area contributed by atoms with Crippen molar-refractivity contribution in [1.29, 1.82) is 0 Å². The molecule has 1 N–H and O–H groups in total. The normalized spacial score (nSPS) is 10.4. The fraction of sp³-hybridized carbons (Fsp3) is 0.444. The molecule has 0 aliphatic heterocycles. The van der Waals surface area contributed by atoms with Gasteiger partial charge in [-0.25, -0.2) is 9.97 Å². The first kappa shape index (κ1) is 10.5. The average Bonchev–Trinajstić information content (AvgIpc) is 2.66. The molecule has 2 rings (SSSR count). The van der Waals surface area contributed by atoms with E-state index in [1.54, 1.807) is 11.0 Å². The molecule has 0 spiro atoms. The Balaban J connectivity index is 2.02. The largest absolute Gasteiger partial charge is 0.346 e. The quantitative estimate of drug-likeness (QED) is 0.795. The van der Waals surface area contributed by atoms with Crippen LogP contribution in [-0.4, -0.2) is 29.9 Å². The van der Waals surface area contributed by atoms with Gasteiger partial charge >= 0.3 is 0 Å². The second-order valence-corrected chi connectivity index (χ2v) is 3.49. The summed E-state index contributed by atoms with van der Waals surface area (Å²) in [6, 6.07) is 0. The van der Waals surface area contributed by atoms with E-state index in [0.717, 1.165) is 11.4 Å². The summed E-state index contributed by atoms with van der Waals surface area (Å²) in [6.07, 6.45) is 1.65. The van der Waals surface area contributed by atoms with Gasteiger partial charge in [-0.1, -0.05) is 0 Å². The number of aromatic nitrogens is 6. The Bertz CT molecular complexity index is 490. The molecule has 0 bridgehead atoms. The molecule has 2 aromatic rings. The molecule has 16 heavy (non-hydrogen) atoms. The van der Waals surface area contributed by atoms with Crippen LogP contribution in [0.2, 0.25) is 0 Å². The summed E-state index contributed by atoms with van der Waals surface area (Å²) in [5.41, 5.74) is 1.70. The summed E-state index contributed by atoms with van der Waals surface area (Å²) < 4.78 is 1.65. The van der Waals surface area contributed by atoms with Gasteiger partial charge in [0, 0.05) is 7.05 Å². The Hall–Kier alpha value is -2.05. The van der Waals surface area contributed by atoms with Crippen molar-refractivity contribution in [2.75, 3.05) is 5.32 Å². The minimum Gasteiger partial charge on any atom is -0.346 e. The van der Waals surface area contributed by atoms with Gasteiger partial charge < -0.3 is 5.32 Å². The molecule has 84 valence electrons. The summed E-state index contributed by atoms with van der Waals surface area (Å²) in [5.74, 6) is 1.19. The van der Waals surface area contributed by atoms with Gasteiger partial charge in [0.1, 0.15) is 6.33 Å². The SMILES string of the molecule is Cc1nnc(NCc2ncn(C)n2)nc1C. The third-order valence-corrected chi connectivity index (χ3v) is 2.14. The number of aryl methyl sites for hydroxylation is 3. The molecule has 7 nitrogen and oxygen atoms in total. The number of nitrogens with zero attached hydrogens (tertiary/aromatic N) is 6. The van der Waals surface area contributed by atoms with Gasteiger partial charge in [0.05, 0.1) is 17.9 Å². The van der Waals surface area contributed by atoms with Crippen LogP contribution in [0.1, 0.15) is 17.2 Å². The van der Waals surface area contributed by atoms with Crippen LogP contribution in [0.15, 0.2) is 6.33 Å². The molecule has 0 saturated carbocycles. The fourth-order valence-corrected chi connectivity index (χ4v) is 1.15. The van der Waals surface area contributed by atoms with Gasteiger partial charge in [-0.3, -0.25) is 4.68 Å². The molecule has 7 heteroatoms. The van der Waals surface area contributed by atoms with Crippen molar-refractivity contribution in [1.82, 2.24) is 29.9 Å². The van der Waals surface area contributed by atoms with Crippen molar-refractivity contribution in [3.8, 4) is 0 Å².